The van der Waals surface area contributed by atoms with Crippen LogP contribution in [0.25, 0.3) is 0 Å². The summed E-state index contributed by atoms with van der Waals surface area (Å²) >= 11 is 0. The Balaban J connectivity index is 2.07. The molecule has 10 heteroatoms. The van der Waals surface area contributed by atoms with Crippen LogP contribution in [0.1, 0.15) is 12.8 Å². The van der Waals surface area contributed by atoms with Crippen LogP contribution in [0, 0.1) is 16.0 Å². The van der Waals surface area contributed by atoms with Crippen LogP contribution in [0.4, 0.5) is 5.69 Å². The monoisotopic (exact) mass is 330 g/mol. The fourth-order valence-electron chi connectivity index (χ4n) is 2.15. The van der Waals surface area contributed by atoms with Crippen LogP contribution in [0.2, 0.25) is 0 Å². The predicted octanol–water partition coefficient (Wildman–Crippen LogP) is 1.01. The molecule has 1 aliphatic rings. The Bertz CT molecular complexity index is 680. The first-order chi connectivity index (χ1) is 10.3. The maximum absolute atomic E-state index is 12.1. The maximum Gasteiger partial charge on any atom is 0.385 e. The van der Waals surface area contributed by atoms with Gasteiger partial charge in [0.1, 0.15) is 0 Å². The van der Waals surface area contributed by atoms with Gasteiger partial charge in [0, 0.05) is 19.2 Å². The molecule has 0 unspecified atom stereocenters. The van der Waals surface area contributed by atoms with Gasteiger partial charge in [0.25, 0.3) is 5.69 Å². The summed E-state index contributed by atoms with van der Waals surface area (Å²) in [7, 11) is -4.11. The van der Waals surface area contributed by atoms with Crippen molar-refractivity contribution in [3.05, 3.63) is 34.4 Å². The molecule has 0 saturated carbocycles. The zero-order valence-corrected chi connectivity index (χ0v) is 12.2. The molecule has 1 N–H and O–H groups in total. The van der Waals surface area contributed by atoms with Crippen LogP contribution in [0.3, 0.4) is 0 Å². The SMILES string of the molecule is O=C(O)C1CCN(S(=O)(=O)Oc2cccc([N+](=O)[O-])c2)CC1. The second-order valence-electron chi connectivity index (χ2n) is 4.81. The largest absolute Gasteiger partial charge is 0.481 e. The van der Waals surface area contributed by atoms with Gasteiger partial charge in [0.2, 0.25) is 0 Å². The molecule has 9 nitrogen and oxygen atoms in total. The van der Waals surface area contributed by atoms with E-state index < -0.39 is 27.1 Å². The van der Waals surface area contributed by atoms with Crippen molar-refractivity contribution in [3.8, 4) is 5.75 Å². The summed E-state index contributed by atoms with van der Waals surface area (Å²) in [5.41, 5.74) is -0.280. The zero-order valence-electron chi connectivity index (χ0n) is 11.4. The van der Waals surface area contributed by atoms with Gasteiger partial charge in [-0.25, -0.2) is 0 Å². The van der Waals surface area contributed by atoms with E-state index in [1.165, 1.54) is 18.2 Å². The molecular weight excluding hydrogens is 316 g/mol. The van der Waals surface area contributed by atoms with Crippen LogP contribution in [-0.2, 0) is 15.1 Å². The molecule has 1 fully saturated rings. The standard InChI is InChI=1S/C12H14N2O7S/c15-12(16)9-4-6-13(7-5-9)22(19,20)21-11-3-1-2-10(8-11)14(17)18/h1-3,8-9H,4-7H2,(H,15,16). The van der Waals surface area contributed by atoms with Crippen molar-refractivity contribution >= 4 is 22.0 Å². The number of piperidine rings is 1. The number of benzene rings is 1. The summed E-state index contributed by atoms with van der Waals surface area (Å²) in [5.74, 6) is -1.67. The predicted molar refractivity (Wildman–Crippen MR) is 74.6 cm³/mol. The third kappa shape index (κ3) is 3.71. The molecule has 1 aromatic rings. The lowest BCUT2D eigenvalue weighted by atomic mass is 9.99. The molecule has 0 atom stereocenters. The van der Waals surface area contributed by atoms with E-state index in [4.69, 9.17) is 9.29 Å². The molecule has 1 saturated heterocycles. The van der Waals surface area contributed by atoms with E-state index in [1.807, 2.05) is 0 Å². The highest BCUT2D eigenvalue weighted by atomic mass is 32.2. The zero-order chi connectivity index (χ0) is 16.3. The first kappa shape index (κ1) is 16.2. The lowest BCUT2D eigenvalue weighted by molar-refractivity contribution is -0.384. The van der Waals surface area contributed by atoms with Crippen molar-refractivity contribution in [2.45, 2.75) is 12.8 Å². The maximum atomic E-state index is 12.1. The van der Waals surface area contributed by atoms with Crippen molar-refractivity contribution < 1.29 is 27.4 Å². The molecule has 22 heavy (non-hydrogen) atoms. The number of carbonyl (C=O) groups is 1. The normalized spacial score (nSPS) is 17.1. The molecule has 0 aromatic heterocycles. The Hall–Kier alpha value is -2.20. The van der Waals surface area contributed by atoms with Crippen molar-refractivity contribution in [3.63, 3.8) is 0 Å². The van der Waals surface area contributed by atoms with E-state index in [1.54, 1.807) is 0 Å². The fraction of sp³-hybridized carbons (Fsp3) is 0.417. The number of aliphatic carboxylic acids is 1. The molecule has 2 rings (SSSR count). The van der Waals surface area contributed by atoms with Gasteiger partial charge in [-0.15, -0.1) is 0 Å². The number of carboxylic acid groups (broad SMARTS) is 1. The number of nitrogens with zero attached hydrogens (tertiary/aromatic N) is 2. The minimum atomic E-state index is -4.11. The molecule has 1 aromatic carbocycles. The average molecular weight is 330 g/mol. The summed E-state index contributed by atoms with van der Waals surface area (Å²) in [4.78, 5) is 20.8. The summed E-state index contributed by atoms with van der Waals surface area (Å²) in [6.07, 6.45) is 0.403. The first-order valence-corrected chi connectivity index (χ1v) is 7.83. The Morgan fingerprint density at radius 1 is 1.36 bits per heavy atom. The smallest absolute Gasteiger partial charge is 0.385 e. The molecule has 0 spiro atoms. The van der Waals surface area contributed by atoms with Crippen molar-refractivity contribution in [1.82, 2.24) is 4.31 Å². The summed E-state index contributed by atoms with van der Waals surface area (Å²) in [6, 6.07) is 4.85. The Morgan fingerprint density at radius 2 is 2.00 bits per heavy atom. The van der Waals surface area contributed by atoms with Gasteiger partial charge >= 0.3 is 16.3 Å². The molecule has 0 bridgehead atoms. The van der Waals surface area contributed by atoms with Gasteiger partial charge in [-0.3, -0.25) is 14.9 Å². The van der Waals surface area contributed by atoms with E-state index in [0.717, 1.165) is 10.4 Å². The molecule has 1 heterocycles. The van der Waals surface area contributed by atoms with Gasteiger partial charge in [-0.05, 0) is 18.9 Å². The lowest BCUT2D eigenvalue weighted by Gasteiger charge is -2.28. The van der Waals surface area contributed by atoms with E-state index in [0.29, 0.717) is 0 Å². The lowest BCUT2D eigenvalue weighted by Crippen LogP contribution is -2.42. The van der Waals surface area contributed by atoms with E-state index >= 15 is 0 Å². The van der Waals surface area contributed by atoms with Gasteiger partial charge < -0.3 is 9.29 Å². The Kier molecular flexibility index (Phi) is 4.62. The minimum absolute atomic E-state index is 0.0359. The van der Waals surface area contributed by atoms with Crippen LogP contribution >= 0.6 is 0 Å². The van der Waals surface area contributed by atoms with E-state index in [9.17, 15) is 23.3 Å². The Labute approximate surface area is 126 Å². The van der Waals surface area contributed by atoms with Crippen LogP contribution in [-0.4, -0.2) is 41.8 Å². The molecule has 1 aliphatic heterocycles. The number of nitro groups is 1. The van der Waals surface area contributed by atoms with E-state index in [-0.39, 0.29) is 37.4 Å². The number of carboxylic acids is 1. The molecule has 0 aliphatic carbocycles. The molecule has 0 radical (unpaired) electrons. The number of hydrogen-bond acceptors (Lipinski definition) is 6. The summed E-state index contributed by atoms with van der Waals surface area (Å²) in [6.45, 7) is 0.0719. The highest BCUT2D eigenvalue weighted by molar-refractivity contribution is 7.84. The van der Waals surface area contributed by atoms with Crippen molar-refractivity contribution in [2.24, 2.45) is 5.92 Å². The van der Waals surface area contributed by atoms with Crippen LogP contribution < -0.4 is 4.18 Å². The van der Waals surface area contributed by atoms with Gasteiger partial charge in [-0.2, -0.15) is 12.7 Å². The third-order valence-electron chi connectivity index (χ3n) is 3.35. The highest BCUT2D eigenvalue weighted by Crippen LogP contribution is 2.24. The summed E-state index contributed by atoms with van der Waals surface area (Å²) < 4.78 is 30.1. The summed E-state index contributed by atoms with van der Waals surface area (Å²) in [5, 5.41) is 19.5. The van der Waals surface area contributed by atoms with Crippen molar-refractivity contribution in [2.75, 3.05) is 13.1 Å². The number of rotatable bonds is 5. The van der Waals surface area contributed by atoms with Crippen LogP contribution in [0.5, 0.6) is 5.75 Å². The van der Waals surface area contributed by atoms with Gasteiger partial charge in [0.15, 0.2) is 5.75 Å². The highest BCUT2D eigenvalue weighted by Gasteiger charge is 2.32. The van der Waals surface area contributed by atoms with Gasteiger partial charge in [-0.1, -0.05) is 6.07 Å². The molecular formula is C12H14N2O7S. The van der Waals surface area contributed by atoms with Crippen molar-refractivity contribution in [1.29, 1.82) is 0 Å². The number of hydrogen-bond donors (Lipinski definition) is 1. The third-order valence-corrected chi connectivity index (χ3v) is 4.75. The van der Waals surface area contributed by atoms with Crippen LogP contribution in [0.15, 0.2) is 24.3 Å². The second-order valence-corrected chi connectivity index (χ2v) is 6.35. The molecule has 0 amide bonds. The first-order valence-electron chi connectivity index (χ1n) is 6.46. The number of non-ortho nitro benzene ring substituents is 1. The topological polar surface area (TPSA) is 127 Å². The average Bonchev–Trinajstić information content (AvgIpc) is 2.47. The van der Waals surface area contributed by atoms with E-state index in [2.05, 4.69) is 0 Å². The fourth-order valence-corrected chi connectivity index (χ4v) is 3.26. The molecule has 120 valence electrons. The Morgan fingerprint density at radius 3 is 2.55 bits per heavy atom. The minimum Gasteiger partial charge on any atom is -0.481 e. The number of nitro benzene ring substituents is 1. The van der Waals surface area contributed by atoms with Gasteiger partial charge in [0.05, 0.1) is 16.9 Å². The quantitative estimate of drug-likeness (QED) is 0.630. The second kappa shape index (κ2) is 6.28.